The molecule has 1 N–H and O–H groups in total. The summed E-state index contributed by atoms with van der Waals surface area (Å²) in [5, 5.41) is 8.66. The van der Waals surface area contributed by atoms with E-state index in [9.17, 15) is 4.79 Å². The summed E-state index contributed by atoms with van der Waals surface area (Å²) in [5.74, 6) is 2.45. The molecule has 2 aromatic heterocycles. The first-order valence-electron chi connectivity index (χ1n) is 8.14. The molecule has 0 aromatic carbocycles. The van der Waals surface area contributed by atoms with Gasteiger partial charge < -0.3 is 9.73 Å². The molecule has 0 saturated carbocycles. The Kier molecular flexibility index (Phi) is 3.56. The third kappa shape index (κ3) is 2.47. The molecule has 2 aliphatic rings. The maximum atomic E-state index is 12.9. The number of furan rings is 1. The number of rotatable bonds is 3. The molecule has 0 spiro atoms. The van der Waals surface area contributed by atoms with E-state index in [1.807, 2.05) is 12.1 Å². The van der Waals surface area contributed by atoms with Crippen molar-refractivity contribution in [3.63, 3.8) is 0 Å². The van der Waals surface area contributed by atoms with Crippen LogP contribution in [0.5, 0.6) is 0 Å². The molecule has 1 aliphatic carbocycles. The lowest BCUT2D eigenvalue weighted by Gasteiger charge is -2.37. The molecular formula is C17H20N4O2S. The lowest BCUT2D eigenvalue weighted by molar-refractivity contribution is -0.118. The number of Topliss-reactive ketones (excluding diaryl/α,β-unsaturated/α-hetero) is 1. The van der Waals surface area contributed by atoms with E-state index >= 15 is 0 Å². The Labute approximate surface area is 144 Å². The van der Waals surface area contributed by atoms with Crippen LogP contribution in [0.1, 0.15) is 45.4 Å². The normalized spacial score (nSPS) is 22.1. The lowest BCUT2D eigenvalue weighted by atomic mass is 9.73. The molecule has 0 bridgehead atoms. The van der Waals surface area contributed by atoms with Gasteiger partial charge in [-0.05, 0) is 29.7 Å². The van der Waals surface area contributed by atoms with E-state index in [-0.39, 0.29) is 17.2 Å². The molecule has 7 heteroatoms. The quantitative estimate of drug-likeness (QED) is 0.857. The second-order valence-corrected chi connectivity index (χ2v) is 8.20. The summed E-state index contributed by atoms with van der Waals surface area (Å²) < 4.78 is 7.42. The minimum atomic E-state index is -0.339. The molecular weight excluding hydrogens is 324 g/mol. The summed E-state index contributed by atoms with van der Waals surface area (Å²) in [5.41, 5.74) is 1.65. The Hall–Kier alpha value is -2.02. The van der Waals surface area contributed by atoms with E-state index in [1.165, 1.54) is 0 Å². The fourth-order valence-corrected chi connectivity index (χ4v) is 4.04. The SMILES string of the molecule is CCSc1nc2n(n1)C(c1ccco1)C1=C(CC(C)(C)CC1=O)N2. The van der Waals surface area contributed by atoms with Gasteiger partial charge in [-0.15, -0.1) is 5.10 Å². The fraction of sp³-hybridized carbons (Fsp3) is 0.471. The number of hydrogen-bond donors (Lipinski definition) is 1. The summed E-state index contributed by atoms with van der Waals surface area (Å²) in [6, 6.07) is 3.40. The number of allylic oxidation sites excluding steroid dienone is 2. The monoisotopic (exact) mass is 344 g/mol. The number of hydrogen-bond acceptors (Lipinski definition) is 6. The molecule has 1 atom stereocenters. The molecule has 1 aliphatic heterocycles. The van der Waals surface area contributed by atoms with Crippen LogP contribution >= 0.6 is 11.8 Å². The Morgan fingerprint density at radius 3 is 3.00 bits per heavy atom. The van der Waals surface area contributed by atoms with Gasteiger partial charge in [-0.2, -0.15) is 4.98 Å². The molecule has 24 heavy (non-hydrogen) atoms. The van der Waals surface area contributed by atoms with Crippen LogP contribution < -0.4 is 5.32 Å². The van der Waals surface area contributed by atoms with Gasteiger partial charge in [0.15, 0.2) is 5.78 Å². The third-order valence-electron chi connectivity index (χ3n) is 4.40. The number of nitrogens with one attached hydrogen (secondary N) is 1. The average molecular weight is 344 g/mol. The van der Waals surface area contributed by atoms with Crippen molar-refractivity contribution in [2.75, 3.05) is 11.1 Å². The molecule has 0 fully saturated rings. The van der Waals surface area contributed by atoms with Crippen LogP contribution in [0.2, 0.25) is 0 Å². The third-order valence-corrected chi connectivity index (χ3v) is 5.12. The number of aromatic nitrogens is 3. The molecule has 126 valence electrons. The summed E-state index contributed by atoms with van der Waals surface area (Å²) in [7, 11) is 0. The first-order chi connectivity index (χ1) is 11.5. The van der Waals surface area contributed by atoms with Gasteiger partial charge in [-0.1, -0.05) is 32.5 Å². The van der Waals surface area contributed by atoms with E-state index < -0.39 is 0 Å². The smallest absolute Gasteiger partial charge is 0.227 e. The summed E-state index contributed by atoms with van der Waals surface area (Å²) >= 11 is 1.58. The van der Waals surface area contributed by atoms with Crippen molar-refractivity contribution in [3.05, 3.63) is 35.4 Å². The molecule has 0 radical (unpaired) electrons. The fourth-order valence-electron chi connectivity index (χ4n) is 3.49. The zero-order valence-corrected chi connectivity index (χ0v) is 14.8. The number of thioether (sulfide) groups is 1. The van der Waals surface area contributed by atoms with E-state index in [0.29, 0.717) is 17.5 Å². The van der Waals surface area contributed by atoms with Crippen molar-refractivity contribution >= 4 is 23.5 Å². The Bertz CT molecular complexity index is 820. The lowest BCUT2D eigenvalue weighted by Crippen LogP contribution is -2.36. The number of ketones is 1. The molecule has 4 rings (SSSR count). The van der Waals surface area contributed by atoms with Crippen molar-refractivity contribution in [1.29, 1.82) is 0 Å². The predicted octanol–water partition coefficient (Wildman–Crippen LogP) is 3.64. The van der Waals surface area contributed by atoms with Gasteiger partial charge in [0.25, 0.3) is 0 Å². The highest BCUT2D eigenvalue weighted by Gasteiger charge is 2.42. The highest BCUT2D eigenvalue weighted by Crippen LogP contribution is 2.45. The number of nitrogens with zero attached hydrogens (tertiary/aromatic N) is 3. The van der Waals surface area contributed by atoms with Gasteiger partial charge in [0.2, 0.25) is 11.1 Å². The van der Waals surface area contributed by atoms with E-state index in [2.05, 4.69) is 36.2 Å². The minimum Gasteiger partial charge on any atom is -0.467 e. The predicted molar refractivity (Wildman–Crippen MR) is 91.9 cm³/mol. The number of carbonyl (C=O) groups excluding carboxylic acids is 1. The van der Waals surface area contributed by atoms with Gasteiger partial charge in [0.1, 0.15) is 11.8 Å². The highest BCUT2D eigenvalue weighted by atomic mass is 32.2. The number of fused-ring (bicyclic) bond motifs is 1. The molecule has 0 amide bonds. The second kappa shape index (κ2) is 5.51. The van der Waals surface area contributed by atoms with Crippen LogP contribution in [-0.4, -0.2) is 26.3 Å². The molecule has 2 aromatic rings. The largest absolute Gasteiger partial charge is 0.467 e. The minimum absolute atomic E-state index is 0.0557. The Balaban J connectivity index is 1.86. The first kappa shape index (κ1) is 15.5. The van der Waals surface area contributed by atoms with E-state index in [0.717, 1.165) is 29.2 Å². The number of anilines is 1. The molecule has 1 unspecified atom stereocenters. The zero-order chi connectivity index (χ0) is 16.9. The number of carbonyl (C=O) groups is 1. The highest BCUT2D eigenvalue weighted by molar-refractivity contribution is 7.99. The van der Waals surface area contributed by atoms with Gasteiger partial charge in [-0.25, -0.2) is 4.68 Å². The summed E-state index contributed by atoms with van der Waals surface area (Å²) in [6.45, 7) is 6.31. The molecule has 3 heterocycles. The van der Waals surface area contributed by atoms with Crippen LogP contribution in [0.3, 0.4) is 0 Å². The maximum Gasteiger partial charge on any atom is 0.227 e. The van der Waals surface area contributed by atoms with Crippen molar-refractivity contribution < 1.29 is 9.21 Å². The van der Waals surface area contributed by atoms with Crippen LogP contribution in [0.4, 0.5) is 5.95 Å². The van der Waals surface area contributed by atoms with Gasteiger partial charge in [0, 0.05) is 17.7 Å². The van der Waals surface area contributed by atoms with Gasteiger partial charge in [-0.3, -0.25) is 4.79 Å². The van der Waals surface area contributed by atoms with Crippen LogP contribution in [0, 0.1) is 5.41 Å². The summed E-state index contributed by atoms with van der Waals surface area (Å²) in [4.78, 5) is 17.5. The summed E-state index contributed by atoms with van der Waals surface area (Å²) in [6.07, 6.45) is 2.98. The first-order valence-corrected chi connectivity index (χ1v) is 9.13. The Morgan fingerprint density at radius 2 is 2.29 bits per heavy atom. The van der Waals surface area contributed by atoms with Gasteiger partial charge in [0.05, 0.1) is 6.26 Å². The van der Waals surface area contributed by atoms with Crippen LogP contribution in [0.15, 0.2) is 39.2 Å². The van der Waals surface area contributed by atoms with Crippen molar-refractivity contribution in [2.45, 2.75) is 44.8 Å². The van der Waals surface area contributed by atoms with Crippen LogP contribution in [-0.2, 0) is 4.79 Å². The Morgan fingerprint density at radius 1 is 1.46 bits per heavy atom. The topological polar surface area (TPSA) is 73.0 Å². The van der Waals surface area contributed by atoms with Gasteiger partial charge >= 0.3 is 0 Å². The molecule has 6 nitrogen and oxygen atoms in total. The average Bonchev–Trinajstić information content (AvgIpc) is 3.12. The van der Waals surface area contributed by atoms with E-state index in [1.54, 1.807) is 22.7 Å². The van der Waals surface area contributed by atoms with E-state index in [4.69, 9.17) is 4.42 Å². The standard InChI is InChI=1S/C17H20N4O2S/c1-4-24-16-19-15-18-10-8-17(2,3)9-11(22)13(10)14(21(15)20-16)12-6-5-7-23-12/h5-7,14H,4,8-9H2,1-3H3,(H,18,19,20). The molecule has 0 saturated heterocycles. The van der Waals surface area contributed by atoms with Crippen molar-refractivity contribution in [2.24, 2.45) is 5.41 Å². The zero-order valence-electron chi connectivity index (χ0n) is 14.0. The van der Waals surface area contributed by atoms with Crippen molar-refractivity contribution in [1.82, 2.24) is 14.8 Å². The second-order valence-electron chi connectivity index (χ2n) is 6.97. The van der Waals surface area contributed by atoms with Crippen molar-refractivity contribution in [3.8, 4) is 0 Å². The maximum absolute atomic E-state index is 12.9. The van der Waals surface area contributed by atoms with Crippen LogP contribution in [0.25, 0.3) is 0 Å².